The summed E-state index contributed by atoms with van der Waals surface area (Å²) in [5.74, 6) is 0.604. The summed E-state index contributed by atoms with van der Waals surface area (Å²) >= 11 is 5.92. The van der Waals surface area contributed by atoms with Gasteiger partial charge in [0.05, 0.1) is 18.5 Å². The van der Waals surface area contributed by atoms with E-state index >= 15 is 0 Å². The minimum atomic E-state index is 0.604. The number of ether oxygens (including phenoxy) is 1. The van der Waals surface area contributed by atoms with Crippen molar-refractivity contribution in [1.29, 1.82) is 0 Å². The predicted molar refractivity (Wildman–Crippen MR) is 79.2 cm³/mol. The molecular weight excluding hydrogens is 274 g/mol. The van der Waals surface area contributed by atoms with Crippen molar-refractivity contribution in [2.24, 2.45) is 0 Å². The number of benzene rings is 1. The second-order valence-corrected chi connectivity index (χ2v) is 4.88. The van der Waals surface area contributed by atoms with Gasteiger partial charge >= 0.3 is 0 Å². The zero-order valence-electron chi connectivity index (χ0n) is 11.1. The third-order valence-electron chi connectivity index (χ3n) is 2.93. The van der Waals surface area contributed by atoms with Crippen LogP contribution in [0.15, 0.2) is 42.6 Å². The lowest BCUT2D eigenvalue weighted by atomic mass is 10.2. The molecule has 0 spiro atoms. The fourth-order valence-electron chi connectivity index (χ4n) is 1.96. The van der Waals surface area contributed by atoms with Gasteiger partial charge in [-0.15, -0.1) is 5.10 Å². The first-order valence-corrected chi connectivity index (χ1v) is 6.89. The molecule has 3 rings (SSSR count). The second kappa shape index (κ2) is 5.51. The molecule has 0 bridgehead atoms. The maximum absolute atomic E-state index is 5.92. The summed E-state index contributed by atoms with van der Waals surface area (Å²) < 4.78 is 7.35. The summed E-state index contributed by atoms with van der Waals surface area (Å²) in [6.07, 6.45) is 2.75. The van der Waals surface area contributed by atoms with Crippen molar-refractivity contribution in [2.75, 3.05) is 6.61 Å². The molecule has 0 radical (unpaired) electrons. The number of nitrogens with zero attached hydrogens (tertiary/aromatic N) is 3. The lowest BCUT2D eigenvalue weighted by Crippen LogP contribution is -2.01. The number of fused-ring (bicyclic) bond motifs is 1. The Morgan fingerprint density at radius 1 is 1.15 bits per heavy atom. The van der Waals surface area contributed by atoms with Crippen LogP contribution < -0.4 is 4.74 Å². The highest BCUT2D eigenvalue weighted by Gasteiger charge is 2.08. The summed E-state index contributed by atoms with van der Waals surface area (Å²) in [6.45, 7) is 2.72. The fraction of sp³-hybridized carbons (Fsp3) is 0.200. The number of rotatable bonds is 4. The molecule has 0 aliphatic rings. The number of aromatic nitrogens is 3. The van der Waals surface area contributed by atoms with Crippen molar-refractivity contribution in [2.45, 2.75) is 13.3 Å². The minimum Gasteiger partial charge on any atom is -0.477 e. The van der Waals surface area contributed by atoms with E-state index in [0.717, 1.165) is 23.3 Å². The van der Waals surface area contributed by atoms with Gasteiger partial charge in [-0.3, -0.25) is 0 Å². The first-order chi connectivity index (χ1) is 9.78. The highest BCUT2D eigenvalue weighted by atomic mass is 35.5. The third-order valence-corrected chi connectivity index (χ3v) is 3.18. The summed E-state index contributed by atoms with van der Waals surface area (Å²) in [6, 6.07) is 11.3. The van der Waals surface area contributed by atoms with Crippen LogP contribution >= 0.6 is 11.6 Å². The van der Waals surface area contributed by atoms with Crippen LogP contribution in [0, 0.1) is 0 Å². The molecule has 1 aromatic carbocycles. The Morgan fingerprint density at radius 3 is 2.70 bits per heavy atom. The quantitative estimate of drug-likeness (QED) is 0.732. The Morgan fingerprint density at radius 2 is 1.95 bits per heavy atom. The van der Waals surface area contributed by atoms with E-state index in [-0.39, 0.29) is 0 Å². The average molecular weight is 288 g/mol. The molecule has 102 valence electrons. The van der Waals surface area contributed by atoms with Gasteiger partial charge in [-0.1, -0.05) is 30.7 Å². The molecule has 0 aliphatic carbocycles. The fourth-order valence-corrected chi connectivity index (χ4v) is 2.08. The molecule has 3 aromatic rings. The summed E-state index contributed by atoms with van der Waals surface area (Å²) in [4.78, 5) is 4.35. The van der Waals surface area contributed by atoms with E-state index in [0.29, 0.717) is 17.5 Å². The topological polar surface area (TPSA) is 39.4 Å². The summed E-state index contributed by atoms with van der Waals surface area (Å²) in [5.41, 5.74) is 2.72. The van der Waals surface area contributed by atoms with E-state index in [1.807, 2.05) is 36.4 Å². The van der Waals surface area contributed by atoms with Crippen molar-refractivity contribution in [3.63, 3.8) is 0 Å². The average Bonchev–Trinajstić information content (AvgIpc) is 2.89. The zero-order valence-corrected chi connectivity index (χ0v) is 11.8. The lowest BCUT2D eigenvalue weighted by molar-refractivity contribution is 0.300. The van der Waals surface area contributed by atoms with Crippen LogP contribution in [0.4, 0.5) is 0 Å². The van der Waals surface area contributed by atoms with E-state index in [1.54, 1.807) is 10.7 Å². The molecule has 0 fully saturated rings. The Balaban J connectivity index is 2.04. The smallest absolute Gasteiger partial charge is 0.231 e. The Hall–Kier alpha value is -2.07. The molecule has 0 amide bonds. The predicted octanol–water partition coefficient (Wildman–Crippen LogP) is 3.84. The van der Waals surface area contributed by atoms with Gasteiger partial charge in [0.25, 0.3) is 0 Å². The molecule has 0 atom stereocenters. The molecule has 0 aliphatic heterocycles. The molecular formula is C15H14ClN3O. The van der Waals surface area contributed by atoms with Gasteiger partial charge < -0.3 is 4.74 Å². The SMILES string of the molecule is CCCOc1ccc2ncc(-c3ccc(Cl)cc3)n2n1. The van der Waals surface area contributed by atoms with Gasteiger partial charge in [0.1, 0.15) is 0 Å². The molecule has 0 N–H and O–H groups in total. The highest BCUT2D eigenvalue weighted by molar-refractivity contribution is 6.30. The molecule has 5 heteroatoms. The van der Waals surface area contributed by atoms with Crippen LogP contribution in [-0.2, 0) is 0 Å². The maximum Gasteiger partial charge on any atom is 0.231 e. The molecule has 0 saturated heterocycles. The van der Waals surface area contributed by atoms with Crippen LogP contribution in [0.5, 0.6) is 5.88 Å². The molecule has 20 heavy (non-hydrogen) atoms. The number of hydrogen-bond acceptors (Lipinski definition) is 3. The van der Waals surface area contributed by atoms with Crippen LogP contribution in [0.1, 0.15) is 13.3 Å². The monoisotopic (exact) mass is 287 g/mol. The largest absolute Gasteiger partial charge is 0.477 e. The Bertz CT molecular complexity index is 722. The van der Waals surface area contributed by atoms with E-state index in [9.17, 15) is 0 Å². The molecule has 2 heterocycles. The van der Waals surface area contributed by atoms with Gasteiger partial charge in [0.2, 0.25) is 5.88 Å². The lowest BCUT2D eigenvalue weighted by Gasteiger charge is -2.05. The van der Waals surface area contributed by atoms with E-state index in [1.165, 1.54) is 0 Å². The minimum absolute atomic E-state index is 0.604. The number of imidazole rings is 1. The van der Waals surface area contributed by atoms with Gasteiger partial charge in [0.15, 0.2) is 5.65 Å². The second-order valence-electron chi connectivity index (χ2n) is 4.44. The van der Waals surface area contributed by atoms with Gasteiger partial charge in [-0.05, 0) is 24.6 Å². The van der Waals surface area contributed by atoms with Crippen LogP contribution in [0.3, 0.4) is 0 Å². The standard InChI is InChI=1S/C15H14ClN3O/c1-2-9-20-15-8-7-14-17-10-13(19(14)18-15)11-3-5-12(16)6-4-11/h3-8,10H,2,9H2,1H3. The molecule has 0 unspecified atom stereocenters. The van der Waals surface area contributed by atoms with E-state index in [4.69, 9.17) is 16.3 Å². The van der Waals surface area contributed by atoms with Crippen LogP contribution in [0.2, 0.25) is 5.02 Å². The first-order valence-electron chi connectivity index (χ1n) is 6.51. The summed E-state index contributed by atoms with van der Waals surface area (Å²) in [7, 11) is 0. The Labute approximate surface area is 122 Å². The molecule has 0 saturated carbocycles. The number of hydrogen-bond donors (Lipinski definition) is 0. The van der Waals surface area contributed by atoms with Gasteiger partial charge in [-0.2, -0.15) is 0 Å². The van der Waals surface area contributed by atoms with Crippen LogP contribution in [-0.4, -0.2) is 21.2 Å². The van der Waals surface area contributed by atoms with Crippen molar-refractivity contribution in [3.05, 3.63) is 47.6 Å². The highest BCUT2D eigenvalue weighted by Crippen LogP contribution is 2.23. The van der Waals surface area contributed by atoms with Crippen molar-refractivity contribution >= 4 is 17.2 Å². The van der Waals surface area contributed by atoms with Crippen molar-refractivity contribution in [3.8, 4) is 17.1 Å². The van der Waals surface area contributed by atoms with Crippen molar-refractivity contribution in [1.82, 2.24) is 14.6 Å². The third kappa shape index (κ3) is 2.47. The van der Waals surface area contributed by atoms with Crippen molar-refractivity contribution < 1.29 is 4.74 Å². The zero-order chi connectivity index (χ0) is 13.9. The summed E-state index contributed by atoms with van der Waals surface area (Å²) in [5, 5.41) is 5.18. The van der Waals surface area contributed by atoms with E-state index < -0.39 is 0 Å². The van der Waals surface area contributed by atoms with E-state index in [2.05, 4.69) is 17.0 Å². The maximum atomic E-state index is 5.92. The number of halogens is 1. The molecule has 4 nitrogen and oxygen atoms in total. The van der Waals surface area contributed by atoms with Gasteiger partial charge in [0, 0.05) is 16.7 Å². The van der Waals surface area contributed by atoms with Crippen LogP contribution in [0.25, 0.3) is 16.9 Å². The molecule has 2 aromatic heterocycles. The Kier molecular flexibility index (Phi) is 3.56. The first kappa shape index (κ1) is 12.9. The van der Waals surface area contributed by atoms with Gasteiger partial charge in [-0.25, -0.2) is 9.50 Å². The normalized spacial score (nSPS) is 10.9.